The Balaban J connectivity index is 2.30. The molecule has 0 aromatic heterocycles. The lowest BCUT2D eigenvalue weighted by Gasteiger charge is -2.42. The van der Waals surface area contributed by atoms with Crippen LogP contribution in [0.2, 0.25) is 0 Å². The summed E-state index contributed by atoms with van der Waals surface area (Å²) in [7, 11) is 0. The number of unbranched alkanes of at least 4 members (excludes halogenated alkanes) is 1. The molecule has 1 rings (SSSR count). The van der Waals surface area contributed by atoms with Crippen molar-refractivity contribution >= 4 is 5.91 Å². The van der Waals surface area contributed by atoms with Gasteiger partial charge >= 0.3 is 0 Å². The average Bonchev–Trinajstić information content (AvgIpc) is 2.27. The van der Waals surface area contributed by atoms with Gasteiger partial charge in [0.25, 0.3) is 0 Å². The molecular weight excluding hydrogens is 224 g/mol. The van der Waals surface area contributed by atoms with E-state index in [1.165, 1.54) is 12.8 Å². The molecule has 1 amide bonds. The van der Waals surface area contributed by atoms with Crippen LogP contribution in [0.1, 0.15) is 59.8 Å². The molecule has 1 fully saturated rings. The summed E-state index contributed by atoms with van der Waals surface area (Å²) < 4.78 is 0. The number of piperidine rings is 1. The summed E-state index contributed by atoms with van der Waals surface area (Å²) in [5.74, 6) is 1.06. The molecular formula is C15H30N2O. The summed E-state index contributed by atoms with van der Waals surface area (Å²) in [6.45, 7) is 10.4. The van der Waals surface area contributed by atoms with E-state index in [-0.39, 0.29) is 11.5 Å². The highest BCUT2D eigenvalue weighted by Crippen LogP contribution is 2.28. The highest BCUT2D eigenvalue weighted by molar-refractivity contribution is 5.76. The maximum absolute atomic E-state index is 12.1. The summed E-state index contributed by atoms with van der Waals surface area (Å²) in [5.41, 5.74) is 6.15. The predicted octanol–water partition coefficient (Wildman–Crippen LogP) is 2.79. The fourth-order valence-corrected chi connectivity index (χ4v) is 2.57. The quantitative estimate of drug-likeness (QED) is 0.767. The number of carbonyl (C=O) groups excluding carboxylic acids is 1. The van der Waals surface area contributed by atoms with Gasteiger partial charge in [-0.3, -0.25) is 4.79 Å². The lowest BCUT2D eigenvalue weighted by molar-refractivity contribution is -0.134. The van der Waals surface area contributed by atoms with Gasteiger partial charge in [-0.2, -0.15) is 0 Å². The minimum atomic E-state index is 0.0614. The molecule has 1 atom stereocenters. The van der Waals surface area contributed by atoms with Crippen LogP contribution in [0.25, 0.3) is 0 Å². The van der Waals surface area contributed by atoms with Gasteiger partial charge in [0.15, 0.2) is 0 Å². The summed E-state index contributed by atoms with van der Waals surface area (Å²) in [6.07, 6.45) is 5.06. The van der Waals surface area contributed by atoms with E-state index in [9.17, 15) is 4.79 Å². The lowest BCUT2D eigenvalue weighted by Crippen LogP contribution is -2.53. The molecule has 1 aliphatic rings. The molecule has 3 nitrogen and oxygen atoms in total. The molecule has 3 heteroatoms. The zero-order valence-corrected chi connectivity index (χ0v) is 12.5. The topological polar surface area (TPSA) is 46.3 Å². The van der Waals surface area contributed by atoms with Crippen LogP contribution in [0.4, 0.5) is 0 Å². The molecule has 1 saturated heterocycles. The van der Waals surface area contributed by atoms with Crippen molar-refractivity contribution in [2.24, 2.45) is 17.1 Å². The van der Waals surface area contributed by atoms with Crippen molar-refractivity contribution in [2.45, 2.75) is 65.8 Å². The Labute approximate surface area is 112 Å². The smallest absolute Gasteiger partial charge is 0.222 e. The van der Waals surface area contributed by atoms with Crippen molar-refractivity contribution < 1.29 is 4.79 Å². The first-order valence-corrected chi connectivity index (χ1v) is 7.36. The molecule has 18 heavy (non-hydrogen) atoms. The first-order valence-electron chi connectivity index (χ1n) is 7.36. The van der Waals surface area contributed by atoms with Crippen molar-refractivity contribution in [2.75, 3.05) is 13.1 Å². The van der Waals surface area contributed by atoms with Crippen LogP contribution in [0.15, 0.2) is 0 Å². The normalized spacial score (nSPS) is 23.4. The molecule has 0 saturated carbocycles. The fourth-order valence-electron chi connectivity index (χ4n) is 2.57. The molecule has 0 spiro atoms. The third-order valence-electron chi connectivity index (χ3n) is 4.09. The molecule has 0 radical (unpaired) electrons. The zero-order valence-electron chi connectivity index (χ0n) is 12.5. The van der Waals surface area contributed by atoms with Crippen LogP contribution in [0.5, 0.6) is 0 Å². The number of hydrogen-bond donors (Lipinski definition) is 1. The Hall–Kier alpha value is -0.570. The molecule has 1 unspecified atom stereocenters. The van der Waals surface area contributed by atoms with Crippen molar-refractivity contribution in [3.05, 3.63) is 0 Å². The number of rotatable bonds is 5. The molecule has 106 valence electrons. The minimum Gasteiger partial charge on any atom is -0.342 e. The maximum atomic E-state index is 12.1. The summed E-state index contributed by atoms with van der Waals surface area (Å²) in [5, 5.41) is 0. The maximum Gasteiger partial charge on any atom is 0.222 e. The Morgan fingerprint density at radius 3 is 2.61 bits per heavy atom. The molecule has 1 aliphatic heterocycles. The summed E-state index contributed by atoms with van der Waals surface area (Å²) in [6, 6.07) is 0.225. The second-order valence-electron chi connectivity index (χ2n) is 6.84. The molecule has 2 N–H and O–H groups in total. The van der Waals surface area contributed by atoms with Crippen molar-refractivity contribution in [1.82, 2.24) is 4.90 Å². The van der Waals surface area contributed by atoms with E-state index in [2.05, 4.69) is 27.7 Å². The monoisotopic (exact) mass is 254 g/mol. The number of carbonyl (C=O) groups is 1. The third kappa shape index (κ3) is 4.60. The van der Waals surface area contributed by atoms with Gasteiger partial charge in [0.2, 0.25) is 5.91 Å². The Morgan fingerprint density at radius 2 is 2.06 bits per heavy atom. The largest absolute Gasteiger partial charge is 0.342 e. The van der Waals surface area contributed by atoms with E-state index in [1.807, 2.05) is 4.90 Å². The number of nitrogens with two attached hydrogens (primary N) is 1. The van der Waals surface area contributed by atoms with Gasteiger partial charge in [-0.25, -0.2) is 0 Å². The molecule has 0 bridgehead atoms. The van der Waals surface area contributed by atoms with E-state index < -0.39 is 0 Å². The van der Waals surface area contributed by atoms with E-state index in [4.69, 9.17) is 5.73 Å². The van der Waals surface area contributed by atoms with Crippen molar-refractivity contribution in [3.63, 3.8) is 0 Å². The van der Waals surface area contributed by atoms with E-state index in [0.29, 0.717) is 12.3 Å². The first kappa shape index (κ1) is 15.5. The number of nitrogens with zero attached hydrogens (tertiary/aromatic N) is 1. The van der Waals surface area contributed by atoms with Gasteiger partial charge in [-0.05, 0) is 24.2 Å². The number of hydrogen-bond acceptors (Lipinski definition) is 2. The lowest BCUT2D eigenvalue weighted by atomic mass is 9.79. The van der Waals surface area contributed by atoms with E-state index in [1.54, 1.807) is 0 Å². The second kappa shape index (κ2) is 6.55. The van der Waals surface area contributed by atoms with E-state index >= 15 is 0 Å². The zero-order chi connectivity index (χ0) is 13.8. The Kier molecular flexibility index (Phi) is 5.64. The molecule has 0 aliphatic carbocycles. The van der Waals surface area contributed by atoms with Gasteiger partial charge in [0.05, 0.1) is 0 Å². The summed E-state index contributed by atoms with van der Waals surface area (Å²) in [4.78, 5) is 14.1. The summed E-state index contributed by atoms with van der Waals surface area (Å²) >= 11 is 0. The minimum absolute atomic E-state index is 0.0614. The van der Waals surface area contributed by atoms with E-state index in [0.717, 1.165) is 31.8 Å². The van der Waals surface area contributed by atoms with Crippen molar-refractivity contribution in [1.29, 1.82) is 0 Å². The molecule has 0 aromatic carbocycles. The van der Waals surface area contributed by atoms with Crippen LogP contribution in [-0.2, 0) is 4.79 Å². The van der Waals surface area contributed by atoms with Gasteiger partial charge < -0.3 is 10.6 Å². The van der Waals surface area contributed by atoms with Crippen LogP contribution >= 0.6 is 0 Å². The SMILES string of the molecule is CC(C)CCCCC(=O)N1CCC(N)C(C)(C)C1. The van der Waals surface area contributed by atoms with Crippen LogP contribution in [-0.4, -0.2) is 29.9 Å². The number of likely N-dealkylation sites (tertiary alicyclic amines) is 1. The highest BCUT2D eigenvalue weighted by atomic mass is 16.2. The highest BCUT2D eigenvalue weighted by Gasteiger charge is 2.34. The van der Waals surface area contributed by atoms with Gasteiger partial charge in [0, 0.05) is 25.6 Å². The molecule has 1 heterocycles. The van der Waals surface area contributed by atoms with Gasteiger partial charge in [0.1, 0.15) is 0 Å². The first-order chi connectivity index (χ1) is 8.33. The van der Waals surface area contributed by atoms with Gasteiger partial charge in [-0.15, -0.1) is 0 Å². The fraction of sp³-hybridized carbons (Fsp3) is 0.933. The standard InChI is InChI=1S/C15H30N2O/c1-12(2)7-5-6-8-14(18)17-10-9-13(16)15(3,4)11-17/h12-13H,5-11,16H2,1-4H3. The molecule has 0 aromatic rings. The average molecular weight is 254 g/mol. The number of amides is 1. The van der Waals surface area contributed by atoms with Gasteiger partial charge in [-0.1, -0.05) is 40.5 Å². The second-order valence-corrected chi connectivity index (χ2v) is 6.84. The predicted molar refractivity (Wildman–Crippen MR) is 76.3 cm³/mol. The van der Waals surface area contributed by atoms with Crippen molar-refractivity contribution in [3.8, 4) is 0 Å². The Bertz CT molecular complexity index is 274. The van der Waals surface area contributed by atoms with Crippen LogP contribution in [0.3, 0.4) is 0 Å². The van der Waals surface area contributed by atoms with Crippen LogP contribution in [0, 0.1) is 11.3 Å². The Morgan fingerprint density at radius 1 is 1.39 bits per heavy atom. The van der Waals surface area contributed by atoms with Crippen LogP contribution < -0.4 is 5.73 Å². The third-order valence-corrected chi connectivity index (χ3v) is 4.09.